The summed E-state index contributed by atoms with van der Waals surface area (Å²) < 4.78 is 19.9. The van der Waals surface area contributed by atoms with Crippen LogP contribution in [0.25, 0.3) is 0 Å². The monoisotopic (exact) mass is 428 g/mol. The number of hydrogen-bond acceptors (Lipinski definition) is 5. The molecule has 0 aliphatic carbocycles. The normalized spacial score (nSPS) is 25.2. The first-order valence-electron chi connectivity index (χ1n) is 10.1. The van der Waals surface area contributed by atoms with E-state index in [0.29, 0.717) is 13.0 Å². The van der Waals surface area contributed by atoms with Gasteiger partial charge in [0.05, 0.1) is 5.41 Å². The summed E-state index contributed by atoms with van der Waals surface area (Å²) in [7, 11) is 1.36. The second-order valence-corrected chi connectivity index (χ2v) is 9.90. The van der Waals surface area contributed by atoms with Crippen LogP contribution in [0.1, 0.15) is 53.9 Å². The van der Waals surface area contributed by atoms with Crippen LogP contribution in [0.5, 0.6) is 0 Å². The van der Waals surface area contributed by atoms with Crippen molar-refractivity contribution in [2.75, 3.05) is 20.1 Å². The van der Waals surface area contributed by atoms with Gasteiger partial charge in [-0.2, -0.15) is 0 Å². The standard InChI is InChI=1S/C20H33FN4O5/c1-18(2,3)30-17(29)24(6)13(9-19(4,5)21)15(27)25-11-20(7-8-23-16(20)28)10-12(25)14(22)26/h12-13H,7-11H2,1-6H3,(H2,22,26)(H,23,28)/t12-,13-,20-/m0/s1. The van der Waals surface area contributed by atoms with Crippen molar-refractivity contribution < 1.29 is 28.3 Å². The van der Waals surface area contributed by atoms with Crippen molar-refractivity contribution in [3.8, 4) is 0 Å². The van der Waals surface area contributed by atoms with Crippen molar-refractivity contribution in [2.45, 2.75) is 77.2 Å². The highest BCUT2D eigenvalue weighted by Gasteiger charge is 2.55. The van der Waals surface area contributed by atoms with Crippen LogP contribution in [-0.2, 0) is 19.1 Å². The van der Waals surface area contributed by atoms with Gasteiger partial charge in [-0.1, -0.05) is 0 Å². The van der Waals surface area contributed by atoms with E-state index in [0.717, 1.165) is 4.90 Å². The van der Waals surface area contributed by atoms with Crippen molar-refractivity contribution in [3.63, 3.8) is 0 Å². The first-order valence-corrected chi connectivity index (χ1v) is 10.1. The van der Waals surface area contributed by atoms with E-state index in [4.69, 9.17) is 10.5 Å². The average molecular weight is 429 g/mol. The molecule has 2 aliphatic heterocycles. The highest BCUT2D eigenvalue weighted by molar-refractivity contribution is 5.94. The summed E-state index contributed by atoms with van der Waals surface area (Å²) in [6.45, 7) is 8.10. The Bertz CT molecular complexity index is 730. The molecule has 1 spiro atoms. The van der Waals surface area contributed by atoms with Gasteiger partial charge in [-0.3, -0.25) is 19.3 Å². The largest absolute Gasteiger partial charge is 0.444 e. The van der Waals surface area contributed by atoms with E-state index in [1.807, 2.05) is 0 Å². The third kappa shape index (κ3) is 5.20. The minimum Gasteiger partial charge on any atom is -0.444 e. The summed E-state index contributed by atoms with van der Waals surface area (Å²) in [5, 5.41) is 2.73. The van der Waals surface area contributed by atoms with E-state index in [2.05, 4.69) is 5.32 Å². The van der Waals surface area contributed by atoms with Crippen molar-refractivity contribution >= 4 is 23.8 Å². The number of nitrogens with zero attached hydrogens (tertiary/aromatic N) is 2. The van der Waals surface area contributed by atoms with E-state index in [1.54, 1.807) is 20.8 Å². The number of likely N-dealkylation sites (N-methyl/N-ethyl adjacent to an activating group) is 1. The van der Waals surface area contributed by atoms with Gasteiger partial charge in [-0.25, -0.2) is 9.18 Å². The zero-order valence-electron chi connectivity index (χ0n) is 18.6. The molecule has 2 heterocycles. The molecule has 0 aromatic carbocycles. The molecule has 170 valence electrons. The third-order valence-corrected chi connectivity index (χ3v) is 5.53. The second kappa shape index (κ2) is 8.03. The van der Waals surface area contributed by atoms with Gasteiger partial charge < -0.3 is 20.7 Å². The lowest BCUT2D eigenvalue weighted by Gasteiger charge is -2.35. The molecule has 9 nitrogen and oxygen atoms in total. The number of carbonyl (C=O) groups excluding carboxylic acids is 4. The number of amides is 4. The molecule has 4 amide bonds. The summed E-state index contributed by atoms with van der Waals surface area (Å²) in [4.78, 5) is 52.8. The predicted octanol–water partition coefficient (Wildman–Crippen LogP) is 0.953. The molecular formula is C20H33FN4O5. The Hall–Kier alpha value is -2.39. The van der Waals surface area contributed by atoms with Crippen molar-refractivity contribution in [3.05, 3.63) is 0 Å². The van der Waals surface area contributed by atoms with Gasteiger partial charge in [-0.05, 0) is 47.5 Å². The number of nitrogens with two attached hydrogens (primary N) is 1. The number of halogens is 1. The molecule has 10 heteroatoms. The summed E-state index contributed by atoms with van der Waals surface area (Å²) in [5.41, 5.74) is 2.05. The fraction of sp³-hybridized carbons (Fsp3) is 0.800. The highest BCUT2D eigenvalue weighted by Crippen LogP contribution is 2.41. The number of rotatable bonds is 5. The summed E-state index contributed by atoms with van der Waals surface area (Å²) >= 11 is 0. The number of likely N-dealkylation sites (tertiary alicyclic amines) is 1. The van der Waals surface area contributed by atoms with Crippen molar-refractivity contribution in [2.24, 2.45) is 11.1 Å². The Morgan fingerprint density at radius 1 is 1.33 bits per heavy atom. The third-order valence-electron chi connectivity index (χ3n) is 5.53. The number of alkyl halides is 1. The first-order chi connectivity index (χ1) is 13.6. The summed E-state index contributed by atoms with van der Waals surface area (Å²) in [6, 6.07) is -2.22. The fourth-order valence-electron chi connectivity index (χ4n) is 4.03. The smallest absolute Gasteiger partial charge is 0.410 e. The van der Waals surface area contributed by atoms with Gasteiger partial charge in [0.2, 0.25) is 17.7 Å². The van der Waals surface area contributed by atoms with Gasteiger partial charge in [0.25, 0.3) is 0 Å². The molecule has 2 rings (SSSR count). The van der Waals surface area contributed by atoms with E-state index >= 15 is 0 Å². The molecule has 0 radical (unpaired) electrons. The Morgan fingerprint density at radius 3 is 2.37 bits per heavy atom. The van der Waals surface area contributed by atoms with Gasteiger partial charge in [0, 0.05) is 26.6 Å². The average Bonchev–Trinajstić information content (AvgIpc) is 3.13. The van der Waals surface area contributed by atoms with E-state index in [-0.39, 0.29) is 25.3 Å². The molecule has 2 aliphatic rings. The minimum atomic E-state index is -1.78. The van der Waals surface area contributed by atoms with E-state index in [1.165, 1.54) is 25.8 Å². The van der Waals surface area contributed by atoms with Gasteiger partial charge in [-0.15, -0.1) is 0 Å². The molecule has 0 aromatic rings. The lowest BCUT2D eigenvalue weighted by Crippen LogP contribution is -2.55. The van der Waals surface area contributed by atoms with Crippen LogP contribution in [0.3, 0.4) is 0 Å². The van der Waals surface area contributed by atoms with E-state index in [9.17, 15) is 23.6 Å². The van der Waals surface area contributed by atoms with Crippen LogP contribution in [0.15, 0.2) is 0 Å². The topological polar surface area (TPSA) is 122 Å². The molecular weight excluding hydrogens is 395 g/mol. The zero-order chi connectivity index (χ0) is 23.1. The van der Waals surface area contributed by atoms with Crippen LogP contribution < -0.4 is 11.1 Å². The van der Waals surface area contributed by atoms with Crippen LogP contribution in [0.4, 0.5) is 9.18 Å². The van der Waals surface area contributed by atoms with Crippen LogP contribution in [0, 0.1) is 5.41 Å². The number of ether oxygens (including phenoxy) is 1. The van der Waals surface area contributed by atoms with Crippen LogP contribution >= 0.6 is 0 Å². The Labute approximate surface area is 176 Å². The lowest BCUT2D eigenvalue weighted by atomic mass is 9.84. The maximum atomic E-state index is 14.6. The molecule has 30 heavy (non-hydrogen) atoms. The molecule has 0 unspecified atom stereocenters. The molecule has 0 bridgehead atoms. The van der Waals surface area contributed by atoms with Gasteiger partial charge in [0.15, 0.2) is 0 Å². The Morgan fingerprint density at radius 2 is 1.93 bits per heavy atom. The predicted molar refractivity (Wildman–Crippen MR) is 107 cm³/mol. The minimum absolute atomic E-state index is 0.00333. The van der Waals surface area contributed by atoms with Crippen LogP contribution in [0.2, 0.25) is 0 Å². The maximum Gasteiger partial charge on any atom is 0.410 e. The number of nitrogens with one attached hydrogen (secondary N) is 1. The van der Waals surface area contributed by atoms with Gasteiger partial charge in [0.1, 0.15) is 23.4 Å². The maximum absolute atomic E-state index is 14.6. The number of hydrogen-bond donors (Lipinski definition) is 2. The summed E-state index contributed by atoms with van der Waals surface area (Å²) in [5.74, 6) is -1.60. The fourth-order valence-corrected chi connectivity index (χ4v) is 4.03. The Kier molecular flexibility index (Phi) is 6.40. The highest BCUT2D eigenvalue weighted by atomic mass is 19.1. The molecule has 0 saturated carbocycles. The van der Waals surface area contributed by atoms with E-state index < -0.39 is 46.7 Å². The number of carbonyl (C=O) groups is 4. The Balaban J connectivity index is 2.35. The summed E-state index contributed by atoms with van der Waals surface area (Å²) in [6.07, 6.45) is -0.501. The molecule has 0 aromatic heterocycles. The van der Waals surface area contributed by atoms with Gasteiger partial charge >= 0.3 is 6.09 Å². The van der Waals surface area contributed by atoms with Crippen molar-refractivity contribution in [1.82, 2.24) is 15.1 Å². The molecule has 3 atom stereocenters. The first kappa shape index (κ1) is 23.9. The quantitative estimate of drug-likeness (QED) is 0.675. The molecule has 2 fully saturated rings. The van der Waals surface area contributed by atoms with Crippen LogP contribution in [-0.4, -0.2) is 77.1 Å². The lowest BCUT2D eigenvalue weighted by molar-refractivity contribution is -0.142. The molecule has 3 N–H and O–H groups in total. The molecule has 2 saturated heterocycles. The zero-order valence-corrected chi connectivity index (χ0v) is 18.6. The van der Waals surface area contributed by atoms with Crippen molar-refractivity contribution in [1.29, 1.82) is 0 Å². The second-order valence-electron chi connectivity index (χ2n) is 9.90. The number of primary amides is 1. The SMILES string of the molecule is CN(C(=O)OC(C)(C)C)[C@@H](CC(C)(C)F)C(=O)N1C[C@]2(CCNC2=O)C[C@H]1C(N)=O.